The van der Waals surface area contributed by atoms with Gasteiger partial charge in [0.25, 0.3) is 0 Å². The van der Waals surface area contributed by atoms with E-state index >= 15 is 0 Å². The first-order valence-electron chi connectivity index (χ1n) is 7.93. The van der Waals surface area contributed by atoms with Crippen LogP contribution in [0, 0.1) is 0 Å². The van der Waals surface area contributed by atoms with Crippen LogP contribution >= 0.6 is 0 Å². The van der Waals surface area contributed by atoms with Crippen molar-refractivity contribution in [1.29, 1.82) is 0 Å². The van der Waals surface area contributed by atoms with Crippen molar-refractivity contribution in [3.63, 3.8) is 0 Å². The van der Waals surface area contributed by atoms with E-state index in [-0.39, 0.29) is 25.3 Å². The van der Waals surface area contributed by atoms with Crippen molar-refractivity contribution in [1.82, 2.24) is 14.7 Å². The third-order valence-corrected chi connectivity index (χ3v) is 3.73. The fourth-order valence-electron chi connectivity index (χ4n) is 2.66. The Morgan fingerprint density at radius 2 is 2.12 bits per heavy atom. The number of ether oxygens (including phenoxy) is 2. The molecule has 7 nitrogen and oxygen atoms in total. The lowest BCUT2D eigenvalue weighted by atomic mass is 10.2. The fourth-order valence-corrected chi connectivity index (χ4v) is 2.66. The average molecular weight is 330 g/mol. The molecule has 0 fully saturated rings. The number of benzene rings is 1. The normalized spacial score (nSPS) is 12.9. The Morgan fingerprint density at radius 3 is 2.92 bits per heavy atom. The van der Waals surface area contributed by atoms with Crippen LogP contribution in [0.3, 0.4) is 0 Å². The molecule has 1 aromatic heterocycles. The Bertz CT molecular complexity index is 726. The predicted molar refractivity (Wildman–Crippen MR) is 90.1 cm³/mol. The summed E-state index contributed by atoms with van der Waals surface area (Å²) in [6, 6.07) is 7.82. The fraction of sp³-hybridized carbons (Fsp3) is 0.412. The molecular weight excluding hydrogens is 308 g/mol. The van der Waals surface area contributed by atoms with Crippen LogP contribution < -0.4 is 14.8 Å². The van der Waals surface area contributed by atoms with Gasteiger partial charge in [0.1, 0.15) is 5.82 Å². The minimum Gasteiger partial charge on any atom is -0.454 e. The van der Waals surface area contributed by atoms with Gasteiger partial charge in [0, 0.05) is 18.7 Å². The summed E-state index contributed by atoms with van der Waals surface area (Å²) in [5.74, 6) is 2.17. The topological polar surface area (TPSA) is 68.6 Å². The second-order valence-corrected chi connectivity index (χ2v) is 6.16. The Labute approximate surface area is 141 Å². The number of nitrogens with zero attached hydrogens (tertiary/aromatic N) is 3. The van der Waals surface area contributed by atoms with E-state index in [4.69, 9.17) is 9.47 Å². The molecule has 1 aliphatic rings. The van der Waals surface area contributed by atoms with Crippen molar-refractivity contribution in [3.8, 4) is 11.5 Å². The molecule has 1 N–H and O–H groups in total. The molecule has 0 saturated carbocycles. The highest BCUT2D eigenvalue weighted by Gasteiger charge is 2.15. The number of amides is 1. The average Bonchev–Trinajstić information content (AvgIpc) is 3.14. The molecule has 0 unspecified atom stereocenters. The maximum absolute atomic E-state index is 12.2. The summed E-state index contributed by atoms with van der Waals surface area (Å²) < 4.78 is 12.5. The summed E-state index contributed by atoms with van der Waals surface area (Å²) in [4.78, 5) is 14.2. The van der Waals surface area contributed by atoms with E-state index in [1.165, 1.54) is 0 Å². The van der Waals surface area contributed by atoms with Crippen LogP contribution in [0.2, 0.25) is 0 Å². The number of anilines is 1. The lowest BCUT2D eigenvalue weighted by Crippen LogP contribution is -2.30. The van der Waals surface area contributed by atoms with Gasteiger partial charge in [-0.1, -0.05) is 6.07 Å². The van der Waals surface area contributed by atoms with E-state index in [0.717, 1.165) is 17.1 Å². The van der Waals surface area contributed by atoms with Crippen LogP contribution in [0.5, 0.6) is 11.5 Å². The molecule has 0 radical (unpaired) electrons. The lowest BCUT2D eigenvalue weighted by molar-refractivity contribution is -0.117. The zero-order valence-electron chi connectivity index (χ0n) is 14.2. The van der Waals surface area contributed by atoms with Crippen molar-refractivity contribution in [2.24, 2.45) is 0 Å². The van der Waals surface area contributed by atoms with E-state index in [2.05, 4.69) is 10.4 Å². The highest BCUT2D eigenvalue weighted by Crippen LogP contribution is 2.32. The van der Waals surface area contributed by atoms with Gasteiger partial charge in [0.05, 0.1) is 12.7 Å². The molecule has 2 heterocycles. The summed E-state index contributed by atoms with van der Waals surface area (Å²) in [5, 5.41) is 7.12. The van der Waals surface area contributed by atoms with Crippen LogP contribution in [0.25, 0.3) is 0 Å². The van der Waals surface area contributed by atoms with Crippen LogP contribution in [0.15, 0.2) is 30.5 Å². The SMILES string of the molecule is CC(C)n1nccc1NC(=O)CN(C)Cc1ccc2c(c1)OCO2. The van der Waals surface area contributed by atoms with Gasteiger partial charge >= 0.3 is 0 Å². The maximum atomic E-state index is 12.2. The van der Waals surface area contributed by atoms with Gasteiger partial charge in [0.2, 0.25) is 12.7 Å². The molecule has 3 rings (SSSR count). The number of nitrogens with one attached hydrogen (secondary N) is 1. The monoisotopic (exact) mass is 330 g/mol. The summed E-state index contributed by atoms with van der Waals surface area (Å²) in [7, 11) is 1.91. The van der Waals surface area contributed by atoms with Crippen molar-refractivity contribution >= 4 is 11.7 Å². The highest BCUT2D eigenvalue weighted by molar-refractivity contribution is 5.91. The summed E-state index contributed by atoms with van der Waals surface area (Å²) in [5.41, 5.74) is 1.07. The molecule has 128 valence electrons. The van der Waals surface area contributed by atoms with Crippen molar-refractivity contribution < 1.29 is 14.3 Å². The first kappa shape index (κ1) is 16.3. The second-order valence-electron chi connectivity index (χ2n) is 6.16. The number of hydrogen-bond donors (Lipinski definition) is 1. The van der Waals surface area contributed by atoms with Crippen LogP contribution in [-0.4, -0.2) is 41.0 Å². The molecule has 1 amide bonds. The smallest absolute Gasteiger partial charge is 0.239 e. The molecule has 1 aliphatic heterocycles. The van der Waals surface area contributed by atoms with Gasteiger partial charge in [-0.25, -0.2) is 4.68 Å². The molecular formula is C17H22N4O3. The molecule has 24 heavy (non-hydrogen) atoms. The zero-order valence-corrected chi connectivity index (χ0v) is 14.2. The zero-order chi connectivity index (χ0) is 17.1. The number of fused-ring (bicyclic) bond motifs is 1. The Hall–Kier alpha value is -2.54. The molecule has 0 saturated heterocycles. The molecule has 7 heteroatoms. The number of rotatable bonds is 6. The molecule has 0 atom stereocenters. The highest BCUT2D eigenvalue weighted by atomic mass is 16.7. The van der Waals surface area contributed by atoms with Gasteiger partial charge in [-0.2, -0.15) is 5.10 Å². The molecule has 0 bridgehead atoms. The lowest BCUT2D eigenvalue weighted by Gasteiger charge is -2.17. The summed E-state index contributed by atoms with van der Waals surface area (Å²) in [6.45, 7) is 5.24. The van der Waals surface area contributed by atoms with E-state index in [1.54, 1.807) is 16.9 Å². The van der Waals surface area contributed by atoms with Gasteiger partial charge in [-0.15, -0.1) is 0 Å². The minimum atomic E-state index is -0.0688. The van der Waals surface area contributed by atoms with E-state index in [1.807, 2.05) is 44.0 Å². The van der Waals surface area contributed by atoms with E-state index in [0.29, 0.717) is 12.4 Å². The quantitative estimate of drug-likeness (QED) is 0.880. The Balaban J connectivity index is 1.55. The first-order chi connectivity index (χ1) is 11.5. The van der Waals surface area contributed by atoms with Gasteiger partial charge < -0.3 is 14.8 Å². The van der Waals surface area contributed by atoms with E-state index < -0.39 is 0 Å². The Kier molecular flexibility index (Phi) is 4.71. The second kappa shape index (κ2) is 6.92. The standard InChI is InChI=1S/C17H22N4O3/c1-12(2)21-16(6-7-18-21)19-17(22)10-20(3)9-13-4-5-14-15(8-13)24-11-23-14/h4-8,12H,9-11H2,1-3H3,(H,19,22). The van der Waals surface area contributed by atoms with Gasteiger partial charge in [-0.3, -0.25) is 9.69 Å². The van der Waals surface area contributed by atoms with Crippen molar-refractivity contribution in [2.45, 2.75) is 26.4 Å². The van der Waals surface area contributed by atoms with Gasteiger partial charge in [-0.05, 0) is 38.6 Å². The maximum Gasteiger partial charge on any atom is 0.239 e. The minimum absolute atomic E-state index is 0.0688. The predicted octanol–water partition coefficient (Wildman–Crippen LogP) is 2.26. The van der Waals surface area contributed by atoms with E-state index in [9.17, 15) is 4.79 Å². The molecule has 0 spiro atoms. The number of aromatic nitrogens is 2. The summed E-state index contributed by atoms with van der Waals surface area (Å²) in [6.07, 6.45) is 1.69. The number of carbonyl (C=O) groups excluding carboxylic acids is 1. The molecule has 2 aromatic rings. The van der Waals surface area contributed by atoms with Crippen LogP contribution in [0.4, 0.5) is 5.82 Å². The number of hydrogen-bond acceptors (Lipinski definition) is 5. The van der Waals surface area contributed by atoms with Crippen molar-refractivity contribution in [3.05, 3.63) is 36.0 Å². The summed E-state index contributed by atoms with van der Waals surface area (Å²) >= 11 is 0. The largest absolute Gasteiger partial charge is 0.454 e. The molecule has 1 aromatic carbocycles. The first-order valence-corrected chi connectivity index (χ1v) is 7.93. The van der Waals surface area contributed by atoms with Crippen LogP contribution in [0.1, 0.15) is 25.5 Å². The number of carbonyl (C=O) groups is 1. The van der Waals surface area contributed by atoms with Crippen LogP contribution in [-0.2, 0) is 11.3 Å². The third kappa shape index (κ3) is 3.68. The van der Waals surface area contributed by atoms with Crippen molar-refractivity contribution in [2.75, 3.05) is 25.7 Å². The molecule has 0 aliphatic carbocycles. The van der Waals surface area contributed by atoms with Gasteiger partial charge in [0.15, 0.2) is 11.5 Å². The Morgan fingerprint density at radius 1 is 1.33 bits per heavy atom. The number of likely N-dealkylation sites (N-methyl/N-ethyl adjacent to an activating group) is 1. The third-order valence-electron chi connectivity index (χ3n) is 3.73.